The van der Waals surface area contributed by atoms with Crippen molar-refractivity contribution in [3.05, 3.63) is 0 Å². The molecule has 0 aliphatic heterocycles. The number of halogens is 1. The van der Waals surface area contributed by atoms with Crippen molar-refractivity contribution in [2.24, 2.45) is 5.92 Å². The third-order valence-corrected chi connectivity index (χ3v) is 4.23. The Morgan fingerprint density at radius 1 is 1.38 bits per heavy atom. The topological polar surface area (TPSA) is 72.8 Å². The zero-order chi connectivity index (χ0) is 13.1. The zero-order valence-electron chi connectivity index (χ0n) is 10.1. The molecule has 1 N–H and O–H groups in total. The Morgan fingerprint density at radius 2 is 1.81 bits per heavy atom. The first-order valence-electron chi connectivity index (χ1n) is 4.88. The predicted molar refractivity (Wildman–Crippen MR) is 56.7 cm³/mol. The number of hydrogen-bond acceptors (Lipinski definition) is 4. The molecule has 2 unspecified atom stereocenters. The molecule has 16 heavy (non-hydrogen) atoms. The van der Waals surface area contributed by atoms with Crippen LogP contribution in [0, 0.1) is 5.92 Å². The number of rotatable bonds is 5. The highest BCUT2D eigenvalue weighted by atomic mass is 31.2. The average Bonchev–Trinajstić information content (AvgIpc) is 2.12. The SMILES string of the molecule is COC(=O)C(F)(C(C)C)P(=O)(O)OC(C)C. The highest BCUT2D eigenvalue weighted by Crippen LogP contribution is 2.60. The molecular formula is C9H18FO5P. The number of carbonyl (C=O) groups excluding carboxylic acids is 1. The molecule has 0 aromatic heterocycles. The molecule has 0 aliphatic carbocycles. The third kappa shape index (κ3) is 2.81. The highest BCUT2D eigenvalue weighted by molar-refractivity contribution is 7.55. The van der Waals surface area contributed by atoms with Crippen LogP contribution in [0.1, 0.15) is 27.7 Å². The minimum atomic E-state index is -4.74. The lowest BCUT2D eigenvalue weighted by Crippen LogP contribution is -2.41. The molecule has 0 amide bonds. The third-order valence-electron chi connectivity index (χ3n) is 2.00. The summed E-state index contributed by atoms with van der Waals surface area (Å²) in [5.74, 6) is -2.43. The van der Waals surface area contributed by atoms with Gasteiger partial charge in [0, 0.05) is 5.92 Å². The lowest BCUT2D eigenvalue weighted by atomic mass is 10.1. The van der Waals surface area contributed by atoms with Gasteiger partial charge in [-0.2, -0.15) is 0 Å². The van der Waals surface area contributed by atoms with Crippen LogP contribution in [0.25, 0.3) is 0 Å². The maximum atomic E-state index is 14.3. The Balaban J connectivity index is 5.36. The molecule has 0 aromatic carbocycles. The maximum absolute atomic E-state index is 14.3. The summed E-state index contributed by atoms with van der Waals surface area (Å²) in [7, 11) is -3.79. The van der Waals surface area contributed by atoms with Crippen molar-refractivity contribution in [2.75, 3.05) is 7.11 Å². The first-order chi connectivity index (χ1) is 7.09. The van der Waals surface area contributed by atoms with E-state index in [4.69, 9.17) is 0 Å². The fraction of sp³-hybridized carbons (Fsp3) is 0.889. The van der Waals surface area contributed by atoms with Crippen LogP contribution in [-0.2, 0) is 18.6 Å². The quantitative estimate of drug-likeness (QED) is 0.602. The minimum Gasteiger partial charge on any atom is -0.466 e. The Bertz CT molecular complexity index is 304. The van der Waals surface area contributed by atoms with Crippen LogP contribution < -0.4 is 0 Å². The Morgan fingerprint density at radius 3 is 2.06 bits per heavy atom. The molecule has 0 saturated carbocycles. The van der Waals surface area contributed by atoms with Gasteiger partial charge in [0.1, 0.15) is 0 Å². The monoisotopic (exact) mass is 256 g/mol. The van der Waals surface area contributed by atoms with Crippen molar-refractivity contribution in [3.63, 3.8) is 0 Å². The van der Waals surface area contributed by atoms with Crippen LogP contribution in [0.3, 0.4) is 0 Å². The van der Waals surface area contributed by atoms with Crippen LogP contribution in [0.5, 0.6) is 0 Å². The zero-order valence-corrected chi connectivity index (χ0v) is 11.0. The van der Waals surface area contributed by atoms with Crippen molar-refractivity contribution < 1.29 is 27.9 Å². The van der Waals surface area contributed by atoms with E-state index in [1.165, 1.54) is 27.7 Å². The number of alkyl halides is 1. The second-order valence-corrected chi connectivity index (χ2v) is 5.90. The van der Waals surface area contributed by atoms with Gasteiger partial charge < -0.3 is 14.2 Å². The van der Waals surface area contributed by atoms with E-state index < -0.39 is 31.0 Å². The Labute approximate surface area is 94.5 Å². The standard InChI is InChI=1S/C9H18FO5P/c1-6(2)9(10,8(11)14-5)16(12,13)15-7(3)4/h6-7H,1-5H3,(H,12,13). The second kappa shape index (κ2) is 5.25. The van der Waals surface area contributed by atoms with Gasteiger partial charge in [-0.1, -0.05) is 13.8 Å². The molecular weight excluding hydrogens is 238 g/mol. The molecule has 0 saturated heterocycles. The first kappa shape index (κ1) is 15.6. The van der Waals surface area contributed by atoms with Crippen molar-refractivity contribution >= 4 is 13.6 Å². The van der Waals surface area contributed by atoms with Gasteiger partial charge in [0.25, 0.3) is 0 Å². The first-order valence-corrected chi connectivity index (χ1v) is 6.46. The number of hydrogen-bond donors (Lipinski definition) is 1. The summed E-state index contributed by atoms with van der Waals surface area (Å²) in [4.78, 5) is 20.8. The molecule has 7 heteroatoms. The fourth-order valence-electron chi connectivity index (χ4n) is 1.18. The molecule has 5 nitrogen and oxygen atoms in total. The van der Waals surface area contributed by atoms with E-state index in [1.54, 1.807) is 0 Å². The normalized spacial score (nSPS) is 19.3. The van der Waals surface area contributed by atoms with Gasteiger partial charge in [-0.3, -0.25) is 4.57 Å². The minimum absolute atomic E-state index is 0.672. The van der Waals surface area contributed by atoms with Crippen LogP contribution in [0.15, 0.2) is 0 Å². The summed E-state index contributed by atoms with van der Waals surface area (Å²) in [6.45, 7) is 5.56. The molecule has 0 rings (SSSR count). The maximum Gasteiger partial charge on any atom is 0.377 e. The van der Waals surface area contributed by atoms with Gasteiger partial charge in [0.2, 0.25) is 0 Å². The molecule has 2 atom stereocenters. The van der Waals surface area contributed by atoms with Crippen LogP contribution in [0.2, 0.25) is 0 Å². The fourth-order valence-corrected chi connectivity index (χ4v) is 2.88. The summed E-state index contributed by atoms with van der Waals surface area (Å²) in [5, 5.41) is -3.04. The van der Waals surface area contributed by atoms with E-state index >= 15 is 0 Å². The average molecular weight is 256 g/mol. The molecule has 0 fully saturated rings. The van der Waals surface area contributed by atoms with Crippen molar-refractivity contribution in [3.8, 4) is 0 Å². The van der Waals surface area contributed by atoms with Crippen LogP contribution >= 0.6 is 7.60 Å². The second-order valence-electron chi connectivity index (χ2n) is 3.99. The number of carbonyl (C=O) groups is 1. The number of methoxy groups -OCH3 is 1. The number of ether oxygens (including phenoxy) is 1. The highest BCUT2D eigenvalue weighted by Gasteiger charge is 2.60. The van der Waals surface area contributed by atoms with E-state index in [-0.39, 0.29) is 0 Å². The van der Waals surface area contributed by atoms with Crippen LogP contribution in [-0.4, -0.2) is 29.5 Å². The van der Waals surface area contributed by atoms with Gasteiger partial charge in [-0.25, -0.2) is 9.18 Å². The Kier molecular flexibility index (Phi) is 5.11. The molecule has 96 valence electrons. The lowest BCUT2D eigenvalue weighted by molar-refractivity contribution is -0.152. The Hall–Kier alpha value is -0.450. The van der Waals surface area contributed by atoms with Crippen molar-refractivity contribution in [2.45, 2.75) is 39.2 Å². The largest absolute Gasteiger partial charge is 0.466 e. The molecule has 0 radical (unpaired) electrons. The van der Waals surface area contributed by atoms with E-state index in [2.05, 4.69) is 9.26 Å². The molecule has 0 aliphatic rings. The van der Waals surface area contributed by atoms with Crippen molar-refractivity contribution in [1.29, 1.82) is 0 Å². The van der Waals surface area contributed by atoms with E-state index in [0.29, 0.717) is 0 Å². The van der Waals surface area contributed by atoms with E-state index in [1.807, 2.05) is 0 Å². The van der Waals surface area contributed by atoms with Gasteiger partial charge in [-0.05, 0) is 13.8 Å². The van der Waals surface area contributed by atoms with Gasteiger partial charge >= 0.3 is 19.0 Å². The van der Waals surface area contributed by atoms with Crippen molar-refractivity contribution in [1.82, 2.24) is 0 Å². The van der Waals surface area contributed by atoms with Gasteiger partial charge in [0.15, 0.2) is 0 Å². The molecule has 0 heterocycles. The smallest absolute Gasteiger partial charge is 0.377 e. The summed E-state index contributed by atoms with van der Waals surface area (Å²) in [5.41, 5.74) is 0. The summed E-state index contributed by atoms with van der Waals surface area (Å²) in [6.07, 6.45) is -0.672. The molecule has 0 aromatic rings. The summed E-state index contributed by atoms with van der Waals surface area (Å²) < 4.78 is 34.9. The summed E-state index contributed by atoms with van der Waals surface area (Å²) >= 11 is 0. The summed E-state index contributed by atoms with van der Waals surface area (Å²) in [6, 6.07) is 0. The van der Waals surface area contributed by atoms with E-state index in [9.17, 15) is 18.6 Å². The lowest BCUT2D eigenvalue weighted by Gasteiger charge is -2.30. The van der Waals surface area contributed by atoms with Crippen LogP contribution in [0.4, 0.5) is 4.39 Å². The molecule has 0 spiro atoms. The predicted octanol–water partition coefficient (Wildman–Crippen LogP) is 2.09. The number of esters is 1. The van der Waals surface area contributed by atoms with Gasteiger partial charge in [-0.15, -0.1) is 0 Å². The van der Waals surface area contributed by atoms with E-state index in [0.717, 1.165) is 7.11 Å². The molecule has 0 bridgehead atoms. The van der Waals surface area contributed by atoms with Gasteiger partial charge in [0.05, 0.1) is 13.2 Å².